The molecule has 266 valence electrons. The molecule has 2 unspecified atom stereocenters. The first-order chi connectivity index (χ1) is 22.5. The van der Waals surface area contributed by atoms with Crippen molar-refractivity contribution in [2.24, 2.45) is 5.92 Å². The zero-order chi connectivity index (χ0) is 35.2. The van der Waals surface area contributed by atoms with Crippen LogP contribution in [0.1, 0.15) is 78.4 Å². The van der Waals surface area contributed by atoms with Crippen molar-refractivity contribution in [1.82, 2.24) is 15.5 Å². The molecular weight excluding hydrogens is 622 g/mol. The quantitative estimate of drug-likeness (QED) is 0.146. The minimum absolute atomic E-state index is 0.0343. The van der Waals surface area contributed by atoms with E-state index in [0.717, 1.165) is 17.7 Å². The molecule has 2 aliphatic heterocycles. The van der Waals surface area contributed by atoms with Crippen molar-refractivity contribution in [3.63, 3.8) is 0 Å². The summed E-state index contributed by atoms with van der Waals surface area (Å²) in [6.45, 7) is 11.4. The molecule has 1 aromatic carbocycles. The second-order valence-electron chi connectivity index (χ2n) is 14.9. The van der Waals surface area contributed by atoms with Crippen molar-refractivity contribution in [2.75, 3.05) is 27.2 Å². The van der Waals surface area contributed by atoms with Crippen molar-refractivity contribution in [2.45, 2.75) is 121 Å². The van der Waals surface area contributed by atoms with Gasteiger partial charge in [0.05, 0.1) is 30.6 Å². The molecule has 2 aliphatic carbocycles. The van der Waals surface area contributed by atoms with Crippen LogP contribution in [0.25, 0.3) is 0 Å². The van der Waals surface area contributed by atoms with Gasteiger partial charge in [0.25, 0.3) is 0 Å². The van der Waals surface area contributed by atoms with Gasteiger partial charge in [-0.25, -0.2) is 9.59 Å². The Hall–Kier alpha value is -3.39. The Morgan fingerprint density at radius 3 is 2.58 bits per heavy atom. The first-order valence-corrected chi connectivity index (χ1v) is 16.8. The van der Waals surface area contributed by atoms with Crippen LogP contribution in [0, 0.1) is 5.92 Å². The summed E-state index contributed by atoms with van der Waals surface area (Å²) in [7, 11) is 3.59. The predicted octanol–water partition coefficient (Wildman–Crippen LogP) is 2.69. The smallest absolute Gasteiger partial charge is 0.408 e. The Bertz CT molecular complexity index is 1440. The van der Waals surface area contributed by atoms with Gasteiger partial charge in [0, 0.05) is 24.6 Å². The molecule has 2 heterocycles. The zero-order valence-corrected chi connectivity index (χ0v) is 29.3. The summed E-state index contributed by atoms with van der Waals surface area (Å²) in [6.07, 6.45) is -0.223. The SMILES string of the molecule is COc1ccc2c3c1O[C@H]1C(OC(=O)[C@H](C)OC(=O)CCNC(O)[C@H](CC(C)C)NC(=O)OC(C)(C)C)=CC[C@@]4(O)[C@@H](C2)N(C)CCC314. The van der Waals surface area contributed by atoms with Crippen molar-refractivity contribution < 1.29 is 48.3 Å². The van der Waals surface area contributed by atoms with Crippen LogP contribution < -0.4 is 20.1 Å². The molecule has 0 radical (unpaired) electrons. The van der Waals surface area contributed by atoms with E-state index in [1.807, 2.05) is 33.0 Å². The number of likely N-dealkylation sites (N-methyl/N-ethyl adjacent to an activating group) is 1. The fraction of sp³-hybridized carbons (Fsp3) is 0.686. The van der Waals surface area contributed by atoms with Crippen LogP contribution >= 0.6 is 0 Å². The summed E-state index contributed by atoms with van der Waals surface area (Å²) in [6, 6.07) is 3.10. The third-order valence-corrected chi connectivity index (χ3v) is 9.91. The summed E-state index contributed by atoms with van der Waals surface area (Å²) in [5.74, 6) is 0.124. The summed E-state index contributed by atoms with van der Waals surface area (Å²) < 4.78 is 28.7. The minimum Gasteiger partial charge on any atom is -0.493 e. The second kappa shape index (κ2) is 13.5. The van der Waals surface area contributed by atoms with Crippen LogP contribution in [0.15, 0.2) is 24.0 Å². The Balaban J connectivity index is 1.19. The van der Waals surface area contributed by atoms with E-state index < -0.39 is 59.1 Å². The molecule has 1 aromatic rings. The fourth-order valence-electron chi connectivity index (χ4n) is 7.79. The molecule has 7 atom stereocenters. The van der Waals surface area contributed by atoms with Gasteiger partial charge in [0.1, 0.15) is 17.6 Å². The van der Waals surface area contributed by atoms with Crippen molar-refractivity contribution in [1.29, 1.82) is 0 Å². The monoisotopic (exact) mass is 673 g/mol. The number of rotatable bonds is 12. The average Bonchev–Trinajstić information content (AvgIpc) is 3.34. The highest BCUT2D eigenvalue weighted by molar-refractivity contribution is 5.80. The lowest BCUT2D eigenvalue weighted by Gasteiger charge is -2.61. The van der Waals surface area contributed by atoms with Crippen LogP contribution in [-0.4, -0.2) is 102 Å². The molecule has 4 N–H and O–H groups in total. The molecule has 0 saturated carbocycles. The lowest BCUT2D eigenvalue weighted by atomic mass is 9.50. The summed E-state index contributed by atoms with van der Waals surface area (Å²) in [5, 5.41) is 28.6. The van der Waals surface area contributed by atoms with Gasteiger partial charge in [-0.05, 0) is 84.2 Å². The number of carbonyl (C=O) groups is 3. The van der Waals surface area contributed by atoms with E-state index in [1.165, 1.54) is 6.92 Å². The Kier molecular flexibility index (Phi) is 10.1. The fourth-order valence-corrected chi connectivity index (χ4v) is 7.79. The Morgan fingerprint density at radius 2 is 1.92 bits per heavy atom. The largest absolute Gasteiger partial charge is 0.493 e. The molecule has 5 rings (SSSR count). The number of aliphatic hydroxyl groups is 2. The van der Waals surface area contributed by atoms with E-state index in [4.69, 9.17) is 23.7 Å². The highest BCUT2D eigenvalue weighted by atomic mass is 16.6. The number of amides is 1. The first kappa shape index (κ1) is 35.9. The van der Waals surface area contributed by atoms with Crippen LogP contribution in [0.3, 0.4) is 0 Å². The van der Waals surface area contributed by atoms with Gasteiger partial charge in [-0.15, -0.1) is 0 Å². The maximum Gasteiger partial charge on any atom is 0.408 e. The van der Waals surface area contributed by atoms with E-state index in [1.54, 1.807) is 34.0 Å². The van der Waals surface area contributed by atoms with Crippen molar-refractivity contribution in [3.8, 4) is 11.5 Å². The predicted molar refractivity (Wildman–Crippen MR) is 174 cm³/mol. The standard InChI is InChI=1S/C35H51N3O10/c1-19(2)17-22(37-32(42)48-33(4,5)6)30(40)36-15-12-26(39)45-20(3)31(41)46-24-11-13-35(43)25-18-21-9-10-23(44-8)28-27(21)34(35,29(24)47-28)14-16-38(25)7/h9-11,19-20,22,25,29-30,36,40,43H,12-18H2,1-8H3,(H,37,42)/t20-,22-,25+,29-,30?,34?,35+/m0/s1. The highest BCUT2D eigenvalue weighted by Crippen LogP contribution is 2.65. The lowest BCUT2D eigenvalue weighted by molar-refractivity contribution is -0.175. The van der Waals surface area contributed by atoms with E-state index >= 15 is 0 Å². The van der Waals surface area contributed by atoms with Gasteiger partial charge in [-0.1, -0.05) is 19.9 Å². The number of benzene rings is 1. The molecule has 2 bridgehead atoms. The lowest BCUT2D eigenvalue weighted by Crippen LogP contribution is -2.74. The number of ether oxygens (including phenoxy) is 5. The Labute approximate surface area is 282 Å². The van der Waals surface area contributed by atoms with Crippen molar-refractivity contribution in [3.05, 3.63) is 35.1 Å². The normalized spacial score (nSPS) is 27.5. The number of piperidine rings is 1. The highest BCUT2D eigenvalue weighted by Gasteiger charge is 2.72. The number of hydrogen-bond donors (Lipinski definition) is 4. The molecule has 1 spiro atoms. The summed E-state index contributed by atoms with van der Waals surface area (Å²) in [5.41, 5.74) is -0.659. The number of aliphatic hydroxyl groups excluding tert-OH is 1. The zero-order valence-electron chi connectivity index (χ0n) is 29.3. The van der Waals surface area contributed by atoms with E-state index in [2.05, 4.69) is 15.5 Å². The molecule has 13 nitrogen and oxygen atoms in total. The van der Waals surface area contributed by atoms with E-state index in [-0.39, 0.29) is 37.1 Å². The molecule has 1 saturated heterocycles. The number of alkyl carbamates (subject to hydrolysis) is 1. The number of methoxy groups -OCH3 is 1. The molecule has 4 aliphatic rings. The van der Waals surface area contributed by atoms with Crippen molar-refractivity contribution >= 4 is 18.0 Å². The third-order valence-electron chi connectivity index (χ3n) is 9.91. The Morgan fingerprint density at radius 1 is 1.19 bits per heavy atom. The molecular formula is C35H51N3O10. The van der Waals surface area contributed by atoms with Gasteiger partial charge < -0.3 is 44.1 Å². The maximum absolute atomic E-state index is 13.3. The van der Waals surface area contributed by atoms with Gasteiger partial charge in [-0.2, -0.15) is 0 Å². The van der Waals surface area contributed by atoms with Crippen LogP contribution in [0.5, 0.6) is 11.5 Å². The third kappa shape index (κ3) is 6.61. The second-order valence-corrected chi connectivity index (χ2v) is 14.9. The van der Waals surface area contributed by atoms with E-state index in [9.17, 15) is 24.6 Å². The summed E-state index contributed by atoms with van der Waals surface area (Å²) >= 11 is 0. The first-order valence-electron chi connectivity index (χ1n) is 16.8. The summed E-state index contributed by atoms with van der Waals surface area (Å²) in [4.78, 5) is 40.5. The molecule has 1 amide bonds. The molecule has 48 heavy (non-hydrogen) atoms. The number of likely N-dealkylation sites (tertiary alicyclic amines) is 1. The van der Waals surface area contributed by atoms with Gasteiger partial charge >= 0.3 is 18.0 Å². The molecule has 1 fully saturated rings. The van der Waals surface area contributed by atoms with Gasteiger partial charge in [0.15, 0.2) is 23.7 Å². The van der Waals surface area contributed by atoms with Gasteiger partial charge in [-0.3, -0.25) is 10.1 Å². The molecule has 13 heteroatoms. The number of esters is 2. The minimum atomic E-state index is -1.23. The van der Waals surface area contributed by atoms with Crippen LogP contribution in [-0.2, 0) is 35.6 Å². The number of carbonyl (C=O) groups excluding carboxylic acids is 3. The van der Waals surface area contributed by atoms with Crippen LogP contribution in [0.4, 0.5) is 4.79 Å². The number of hydrogen-bond acceptors (Lipinski definition) is 12. The number of nitrogens with zero attached hydrogens (tertiary/aromatic N) is 1. The maximum atomic E-state index is 13.3. The van der Waals surface area contributed by atoms with Crippen LogP contribution in [0.2, 0.25) is 0 Å². The topological polar surface area (TPSA) is 165 Å². The number of nitrogens with one attached hydrogen (secondary N) is 2. The van der Waals surface area contributed by atoms with E-state index in [0.29, 0.717) is 30.8 Å². The molecule has 0 aromatic heterocycles. The van der Waals surface area contributed by atoms with Gasteiger partial charge in [0.2, 0.25) is 0 Å². The average molecular weight is 674 g/mol.